The van der Waals surface area contributed by atoms with Crippen molar-refractivity contribution in [3.05, 3.63) is 0 Å². The van der Waals surface area contributed by atoms with Crippen LogP contribution in [0.4, 0.5) is 0 Å². The first kappa shape index (κ1) is 11.5. The fourth-order valence-electron chi connectivity index (χ4n) is 1.87. The van der Waals surface area contributed by atoms with Gasteiger partial charge < -0.3 is 10.0 Å². The lowest BCUT2D eigenvalue weighted by Gasteiger charge is -2.28. The van der Waals surface area contributed by atoms with Gasteiger partial charge in [0.2, 0.25) is 5.91 Å². The molecule has 0 aromatic carbocycles. The minimum Gasteiger partial charge on any atom is -0.394 e. The minimum absolute atomic E-state index is 0.0573. The molecule has 4 nitrogen and oxygen atoms in total. The van der Waals surface area contributed by atoms with Crippen molar-refractivity contribution in [3.8, 4) is 0 Å². The molecule has 0 bridgehead atoms. The smallest absolute Gasteiger partial charge is 0.242 e. The van der Waals surface area contributed by atoms with Crippen LogP contribution in [0.5, 0.6) is 0 Å². The molecule has 1 amide bonds. The van der Waals surface area contributed by atoms with Gasteiger partial charge in [-0.15, -0.1) is 0 Å². The molecule has 1 aliphatic rings. The van der Waals surface area contributed by atoms with Crippen molar-refractivity contribution < 1.29 is 9.90 Å². The summed E-state index contributed by atoms with van der Waals surface area (Å²) in [5.41, 5.74) is 0. The van der Waals surface area contributed by atoms with Crippen LogP contribution >= 0.6 is 0 Å². The Balaban J connectivity index is 2.81. The van der Waals surface area contributed by atoms with E-state index in [1.807, 2.05) is 23.8 Å². The third-order valence-corrected chi connectivity index (χ3v) is 3.16. The molecule has 2 unspecified atom stereocenters. The number of amides is 1. The Morgan fingerprint density at radius 2 is 2.21 bits per heavy atom. The molecule has 2 atom stereocenters. The molecule has 0 saturated carbocycles. The second kappa shape index (κ2) is 4.75. The summed E-state index contributed by atoms with van der Waals surface area (Å²) in [6.07, 6.45) is 0.979. The number of likely N-dealkylation sites (N-methyl/N-ethyl adjacent to an activating group) is 2. The highest BCUT2D eigenvalue weighted by molar-refractivity contribution is 5.82. The van der Waals surface area contributed by atoms with Gasteiger partial charge in [-0.3, -0.25) is 9.69 Å². The molecule has 1 saturated heterocycles. The lowest BCUT2D eigenvalue weighted by molar-refractivity contribution is -0.136. The number of carbonyl (C=O) groups excluding carboxylic acids is 1. The van der Waals surface area contributed by atoms with Crippen LogP contribution in [-0.4, -0.2) is 59.6 Å². The lowest BCUT2D eigenvalue weighted by atomic mass is 10.2. The number of aliphatic hydroxyl groups excluding tert-OH is 1. The topological polar surface area (TPSA) is 43.8 Å². The van der Waals surface area contributed by atoms with Crippen molar-refractivity contribution in [2.24, 2.45) is 0 Å². The Labute approximate surface area is 85.5 Å². The molecule has 82 valence electrons. The molecule has 1 heterocycles. The molecular weight excluding hydrogens is 180 g/mol. The van der Waals surface area contributed by atoms with Crippen molar-refractivity contribution in [1.29, 1.82) is 0 Å². The molecule has 0 radical (unpaired) electrons. The highest BCUT2D eigenvalue weighted by atomic mass is 16.3. The summed E-state index contributed by atoms with van der Waals surface area (Å²) >= 11 is 0. The first-order chi connectivity index (χ1) is 6.61. The molecule has 1 aliphatic heterocycles. The number of hydrogen-bond acceptors (Lipinski definition) is 3. The summed E-state index contributed by atoms with van der Waals surface area (Å²) in [5.74, 6) is 0.0573. The van der Waals surface area contributed by atoms with Crippen LogP contribution in [0.3, 0.4) is 0 Å². The van der Waals surface area contributed by atoms with E-state index >= 15 is 0 Å². The van der Waals surface area contributed by atoms with Crippen LogP contribution in [-0.2, 0) is 4.79 Å². The highest BCUT2D eigenvalue weighted by Crippen LogP contribution is 2.14. The van der Waals surface area contributed by atoms with E-state index in [9.17, 15) is 9.90 Å². The van der Waals surface area contributed by atoms with Gasteiger partial charge in [-0.1, -0.05) is 0 Å². The van der Waals surface area contributed by atoms with E-state index in [1.54, 1.807) is 0 Å². The zero-order chi connectivity index (χ0) is 10.7. The van der Waals surface area contributed by atoms with Crippen LogP contribution < -0.4 is 0 Å². The van der Waals surface area contributed by atoms with Crippen molar-refractivity contribution in [1.82, 2.24) is 9.80 Å². The second-order valence-electron chi connectivity index (χ2n) is 3.92. The molecule has 1 rings (SSSR count). The predicted octanol–water partition coefficient (Wildman–Crippen LogP) is -0.0802. The number of aliphatic hydroxyl groups is 1. The van der Waals surface area contributed by atoms with Crippen molar-refractivity contribution >= 4 is 5.91 Å². The lowest BCUT2D eigenvalue weighted by Crippen LogP contribution is -2.48. The van der Waals surface area contributed by atoms with Crippen LogP contribution in [0.2, 0.25) is 0 Å². The Kier molecular flexibility index (Phi) is 3.89. The molecule has 4 heteroatoms. The van der Waals surface area contributed by atoms with Gasteiger partial charge in [0.15, 0.2) is 0 Å². The Bertz CT molecular complexity index is 208. The van der Waals surface area contributed by atoms with E-state index in [1.165, 1.54) is 0 Å². The summed E-state index contributed by atoms with van der Waals surface area (Å²) in [6.45, 7) is 5.51. The highest BCUT2D eigenvalue weighted by Gasteiger charge is 2.32. The average molecular weight is 200 g/mol. The molecule has 14 heavy (non-hydrogen) atoms. The van der Waals surface area contributed by atoms with Crippen LogP contribution in [0, 0.1) is 0 Å². The van der Waals surface area contributed by atoms with Gasteiger partial charge in [-0.25, -0.2) is 0 Å². The van der Waals surface area contributed by atoms with E-state index in [0.29, 0.717) is 6.04 Å². The first-order valence-corrected chi connectivity index (χ1v) is 5.23. The SMILES string of the molecule is CCN1CCC(C)N(C)C(CO)C1=O. The van der Waals surface area contributed by atoms with E-state index in [0.717, 1.165) is 19.5 Å². The average Bonchev–Trinajstić information content (AvgIpc) is 2.27. The summed E-state index contributed by atoms with van der Waals surface area (Å²) in [4.78, 5) is 15.7. The third kappa shape index (κ3) is 2.07. The van der Waals surface area contributed by atoms with E-state index in [4.69, 9.17) is 0 Å². The number of rotatable bonds is 2. The maximum Gasteiger partial charge on any atom is 0.242 e. The van der Waals surface area contributed by atoms with Gasteiger partial charge in [0, 0.05) is 19.1 Å². The standard InChI is InChI=1S/C10H20N2O2/c1-4-12-6-5-8(2)11(3)9(7-13)10(12)14/h8-9,13H,4-7H2,1-3H3. The summed E-state index contributed by atoms with van der Waals surface area (Å²) < 4.78 is 0. The van der Waals surface area contributed by atoms with Gasteiger partial charge in [-0.2, -0.15) is 0 Å². The van der Waals surface area contributed by atoms with Gasteiger partial charge >= 0.3 is 0 Å². The van der Waals surface area contributed by atoms with Gasteiger partial charge in [0.05, 0.1) is 6.61 Å². The van der Waals surface area contributed by atoms with Gasteiger partial charge in [0.1, 0.15) is 6.04 Å². The van der Waals surface area contributed by atoms with Gasteiger partial charge in [0.25, 0.3) is 0 Å². The summed E-state index contributed by atoms with van der Waals surface area (Å²) in [7, 11) is 1.91. The fourth-order valence-corrected chi connectivity index (χ4v) is 1.87. The van der Waals surface area contributed by atoms with Crippen LogP contribution in [0.1, 0.15) is 20.3 Å². The Morgan fingerprint density at radius 3 is 2.71 bits per heavy atom. The maximum absolute atomic E-state index is 11.9. The predicted molar refractivity (Wildman–Crippen MR) is 55.0 cm³/mol. The van der Waals surface area contributed by atoms with E-state index in [2.05, 4.69) is 6.92 Å². The van der Waals surface area contributed by atoms with Crippen molar-refractivity contribution in [3.63, 3.8) is 0 Å². The van der Waals surface area contributed by atoms with Gasteiger partial charge in [-0.05, 0) is 27.3 Å². The Morgan fingerprint density at radius 1 is 1.57 bits per heavy atom. The number of hydrogen-bond donors (Lipinski definition) is 1. The van der Waals surface area contributed by atoms with Crippen LogP contribution in [0.25, 0.3) is 0 Å². The normalized spacial score (nSPS) is 30.6. The first-order valence-electron chi connectivity index (χ1n) is 5.23. The van der Waals surface area contributed by atoms with Crippen LogP contribution in [0.15, 0.2) is 0 Å². The number of carbonyl (C=O) groups is 1. The molecule has 0 aromatic heterocycles. The zero-order valence-electron chi connectivity index (χ0n) is 9.23. The monoisotopic (exact) mass is 200 g/mol. The molecule has 0 aromatic rings. The number of nitrogens with zero attached hydrogens (tertiary/aromatic N) is 2. The minimum atomic E-state index is -0.354. The maximum atomic E-state index is 11.9. The zero-order valence-corrected chi connectivity index (χ0v) is 9.23. The summed E-state index contributed by atoms with van der Waals surface area (Å²) in [5, 5.41) is 9.20. The van der Waals surface area contributed by atoms with Crippen molar-refractivity contribution in [2.45, 2.75) is 32.4 Å². The fraction of sp³-hybridized carbons (Fsp3) is 0.900. The van der Waals surface area contributed by atoms with E-state index in [-0.39, 0.29) is 18.6 Å². The second-order valence-corrected chi connectivity index (χ2v) is 3.92. The Hall–Kier alpha value is -0.610. The molecule has 1 N–H and O–H groups in total. The molecular formula is C10H20N2O2. The quantitative estimate of drug-likeness (QED) is 0.678. The van der Waals surface area contributed by atoms with Crippen molar-refractivity contribution in [2.75, 3.05) is 26.7 Å². The third-order valence-electron chi connectivity index (χ3n) is 3.16. The van der Waals surface area contributed by atoms with E-state index < -0.39 is 0 Å². The molecule has 0 aliphatic carbocycles. The largest absolute Gasteiger partial charge is 0.394 e. The summed E-state index contributed by atoms with van der Waals surface area (Å²) in [6, 6.07) is 0.0000926. The molecule has 0 spiro atoms. The molecule has 1 fully saturated rings.